The minimum atomic E-state index is -1.03. The second kappa shape index (κ2) is 7.45. The molecule has 0 aromatic heterocycles. The van der Waals surface area contributed by atoms with E-state index in [9.17, 15) is 14.4 Å². The fourth-order valence-electron chi connectivity index (χ4n) is 2.60. The summed E-state index contributed by atoms with van der Waals surface area (Å²) in [6.07, 6.45) is -0.802. The van der Waals surface area contributed by atoms with Crippen molar-refractivity contribution < 1.29 is 23.9 Å². The van der Waals surface area contributed by atoms with Crippen LogP contribution < -0.4 is 15.6 Å². The van der Waals surface area contributed by atoms with Crippen LogP contribution in [0.5, 0.6) is 5.75 Å². The molecule has 0 bridgehead atoms. The van der Waals surface area contributed by atoms with Crippen LogP contribution in [0.15, 0.2) is 42.5 Å². The number of fused-ring (bicyclic) bond motifs is 1. The van der Waals surface area contributed by atoms with Crippen molar-refractivity contribution in [3.05, 3.63) is 64.2 Å². The Hall–Kier alpha value is -3.06. The van der Waals surface area contributed by atoms with Gasteiger partial charge in [-0.05, 0) is 29.8 Å². The summed E-state index contributed by atoms with van der Waals surface area (Å²) in [7, 11) is 1.41. The van der Waals surface area contributed by atoms with Crippen molar-refractivity contribution in [2.45, 2.75) is 12.5 Å². The summed E-state index contributed by atoms with van der Waals surface area (Å²) in [6.45, 7) is 0. The number of ether oxygens (including phenoxy) is 2. The van der Waals surface area contributed by atoms with E-state index in [4.69, 9.17) is 21.1 Å². The molecule has 134 valence electrons. The molecule has 1 heterocycles. The Morgan fingerprint density at radius 3 is 2.73 bits per heavy atom. The Morgan fingerprint density at radius 2 is 1.96 bits per heavy atom. The van der Waals surface area contributed by atoms with Gasteiger partial charge in [0.25, 0.3) is 11.8 Å². The van der Waals surface area contributed by atoms with E-state index in [2.05, 4.69) is 10.9 Å². The summed E-state index contributed by atoms with van der Waals surface area (Å²) >= 11 is 5.89. The van der Waals surface area contributed by atoms with Crippen molar-refractivity contribution in [2.24, 2.45) is 0 Å². The Morgan fingerprint density at radius 1 is 1.19 bits per heavy atom. The predicted octanol–water partition coefficient (Wildman–Crippen LogP) is 1.89. The average molecular weight is 375 g/mol. The number of carbonyl (C=O) groups is 3. The molecular weight excluding hydrogens is 360 g/mol. The lowest BCUT2D eigenvalue weighted by Gasteiger charge is -2.23. The van der Waals surface area contributed by atoms with Gasteiger partial charge in [-0.15, -0.1) is 0 Å². The SMILES string of the molecule is COc1ccc(Cl)cc1C(=O)NNC(=O)C1Cc2ccccc2C(=O)O1. The summed E-state index contributed by atoms with van der Waals surface area (Å²) in [5.41, 5.74) is 5.83. The van der Waals surface area contributed by atoms with Gasteiger partial charge in [0.2, 0.25) is 0 Å². The van der Waals surface area contributed by atoms with E-state index in [1.165, 1.54) is 13.2 Å². The molecule has 1 atom stereocenters. The van der Waals surface area contributed by atoms with Gasteiger partial charge < -0.3 is 9.47 Å². The minimum Gasteiger partial charge on any atom is -0.496 e. The number of carbonyl (C=O) groups excluding carboxylic acids is 3. The highest BCUT2D eigenvalue weighted by Crippen LogP contribution is 2.23. The first-order valence-electron chi connectivity index (χ1n) is 7.72. The summed E-state index contributed by atoms with van der Waals surface area (Å²) in [5, 5.41) is 0.347. The number of rotatable bonds is 3. The Labute approximate surface area is 154 Å². The van der Waals surface area contributed by atoms with Crippen molar-refractivity contribution in [1.82, 2.24) is 10.9 Å². The van der Waals surface area contributed by atoms with Gasteiger partial charge in [0.05, 0.1) is 18.2 Å². The molecule has 7 nitrogen and oxygen atoms in total. The van der Waals surface area contributed by atoms with Gasteiger partial charge in [-0.1, -0.05) is 29.8 Å². The molecule has 0 spiro atoms. The number of methoxy groups -OCH3 is 1. The monoisotopic (exact) mass is 374 g/mol. The van der Waals surface area contributed by atoms with Crippen LogP contribution in [0.3, 0.4) is 0 Å². The summed E-state index contributed by atoms with van der Waals surface area (Å²) < 4.78 is 10.2. The van der Waals surface area contributed by atoms with E-state index in [1.807, 2.05) is 0 Å². The molecule has 0 aliphatic carbocycles. The first-order valence-corrected chi connectivity index (χ1v) is 8.10. The number of hydrogen-bond acceptors (Lipinski definition) is 5. The maximum Gasteiger partial charge on any atom is 0.339 e. The van der Waals surface area contributed by atoms with Crippen molar-refractivity contribution in [2.75, 3.05) is 7.11 Å². The summed E-state index contributed by atoms with van der Waals surface area (Å²) in [4.78, 5) is 36.5. The summed E-state index contributed by atoms with van der Waals surface area (Å²) in [6, 6.07) is 11.4. The lowest BCUT2D eigenvalue weighted by molar-refractivity contribution is -0.131. The van der Waals surface area contributed by atoms with Gasteiger partial charge in [0, 0.05) is 11.4 Å². The smallest absolute Gasteiger partial charge is 0.339 e. The lowest BCUT2D eigenvalue weighted by atomic mass is 9.98. The third-order valence-electron chi connectivity index (χ3n) is 3.89. The number of esters is 1. The lowest BCUT2D eigenvalue weighted by Crippen LogP contribution is -2.49. The van der Waals surface area contributed by atoms with Crippen LogP contribution in [0, 0.1) is 0 Å². The number of amides is 2. The van der Waals surface area contributed by atoms with E-state index >= 15 is 0 Å². The molecule has 26 heavy (non-hydrogen) atoms. The first-order chi connectivity index (χ1) is 12.5. The zero-order valence-electron chi connectivity index (χ0n) is 13.7. The van der Waals surface area contributed by atoms with Crippen LogP contribution in [0.4, 0.5) is 0 Å². The minimum absolute atomic E-state index is 0.159. The molecule has 2 aromatic rings. The van der Waals surface area contributed by atoms with E-state index in [0.29, 0.717) is 21.9 Å². The maximum absolute atomic E-state index is 12.3. The number of benzene rings is 2. The molecule has 0 saturated carbocycles. The van der Waals surface area contributed by atoms with Gasteiger partial charge in [-0.3, -0.25) is 20.4 Å². The van der Waals surface area contributed by atoms with Gasteiger partial charge in [-0.2, -0.15) is 0 Å². The third kappa shape index (κ3) is 3.62. The molecule has 8 heteroatoms. The van der Waals surface area contributed by atoms with Crippen LogP contribution in [-0.4, -0.2) is 31.0 Å². The number of hydrogen-bond donors (Lipinski definition) is 2. The fraction of sp³-hybridized carbons (Fsp3) is 0.167. The number of halogens is 1. The molecule has 0 saturated heterocycles. The van der Waals surface area contributed by atoms with E-state index in [0.717, 1.165) is 0 Å². The standard InChI is InChI=1S/C18H15ClN2O5/c1-25-14-7-6-11(19)9-13(14)16(22)20-21-17(23)15-8-10-4-2-3-5-12(10)18(24)26-15/h2-7,9,15H,8H2,1H3,(H,20,22)(H,21,23). The van der Waals surface area contributed by atoms with Crippen molar-refractivity contribution in [3.63, 3.8) is 0 Å². The Balaban J connectivity index is 1.66. The maximum atomic E-state index is 12.3. The topological polar surface area (TPSA) is 93.7 Å². The third-order valence-corrected chi connectivity index (χ3v) is 4.12. The molecule has 2 amide bonds. The normalized spacial score (nSPS) is 15.5. The van der Waals surface area contributed by atoms with Crippen LogP contribution in [0.1, 0.15) is 26.3 Å². The molecule has 0 fully saturated rings. The van der Waals surface area contributed by atoms with Crippen LogP contribution in [0.25, 0.3) is 0 Å². The highest BCUT2D eigenvalue weighted by molar-refractivity contribution is 6.31. The van der Waals surface area contributed by atoms with Gasteiger partial charge in [0.15, 0.2) is 6.10 Å². The molecule has 1 aliphatic heterocycles. The van der Waals surface area contributed by atoms with Gasteiger partial charge in [-0.25, -0.2) is 4.79 Å². The first kappa shape index (κ1) is 17.8. The highest BCUT2D eigenvalue weighted by Gasteiger charge is 2.31. The van der Waals surface area contributed by atoms with Crippen LogP contribution >= 0.6 is 11.6 Å². The Kier molecular flexibility index (Phi) is 5.09. The van der Waals surface area contributed by atoms with Crippen molar-refractivity contribution in [3.8, 4) is 5.75 Å². The van der Waals surface area contributed by atoms with Gasteiger partial charge in [0.1, 0.15) is 5.75 Å². The van der Waals surface area contributed by atoms with Crippen molar-refractivity contribution >= 4 is 29.4 Å². The fourth-order valence-corrected chi connectivity index (χ4v) is 2.77. The van der Waals surface area contributed by atoms with Crippen LogP contribution in [0.2, 0.25) is 5.02 Å². The average Bonchev–Trinajstić information content (AvgIpc) is 2.65. The Bertz CT molecular complexity index is 884. The molecule has 1 unspecified atom stereocenters. The number of hydrazine groups is 1. The molecule has 0 radical (unpaired) electrons. The zero-order valence-corrected chi connectivity index (χ0v) is 14.5. The van der Waals surface area contributed by atoms with Gasteiger partial charge >= 0.3 is 5.97 Å². The molecular formula is C18H15ClN2O5. The number of nitrogens with one attached hydrogen (secondary N) is 2. The van der Waals surface area contributed by atoms with Crippen molar-refractivity contribution in [1.29, 1.82) is 0 Å². The molecule has 3 rings (SSSR count). The quantitative estimate of drug-likeness (QED) is 0.632. The van der Waals surface area contributed by atoms with E-state index in [-0.39, 0.29) is 12.0 Å². The second-order valence-corrected chi connectivity index (χ2v) is 5.98. The highest BCUT2D eigenvalue weighted by atomic mass is 35.5. The molecule has 2 N–H and O–H groups in total. The number of cyclic esters (lactones) is 1. The van der Waals surface area contributed by atoms with Crippen LogP contribution in [-0.2, 0) is 16.0 Å². The van der Waals surface area contributed by atoms with E-state index < -0.39 is 23.9 Å². The predicted molar refractivity (Wildman–Crippen MR) is 93.0 cm³/mol. The second-order valence-electron chi connectivity index (χ2n) is 5.54. The van der Waals surface area contributed by atoms with E-state index in [1.54, 1.807) is 36.4 Å². The molecule has 1 aliphatic rings. The largest absolute Gasteiger partial charge is 0.496 e. The summed E-state index contributed by atoms with van der Waals surface area (Å²) in [5.74, 6) is -1.52. The molecule has 2 aromatic carbocycles. The zero-order chi connectivity index (χ0) is 18.7.